The Balaban J connectivity index is 3.56. The van der Waals surface area contributed by atoms with Gasteiger partial charge in [-0.3, -0.25) is 0 Å². The molecule has 3 nitrogen and oxygen atoms in total. The number of hydrogen-bond donors (Lipinski definition) is 0. The van der Waals surface area contributed by atoms with Gasteiger partial charge in [0, 0.05) is 4.90 Å². The van der Waals surface area contributed by atoms with E-state index in [0.29, 0.717) is 6.07 Å². The number of rotatable bonds is 3. The molecule has 0 fully saturated rings. The third-order valence-corrected chi connectivity index (χ3v) is 2.96. The molecule has 0 atom stereocenters. The summed E-state index contributed by atoms with van der Waals surface area (Å²) in [5, 5.41) is 8.82. The largest absolute Gasteiger partial charge is 0.462 e. The number of esters is 1. The summed E-state index contributed by atoms with van der Waals surface area (Å²) >= 11 is -0.817. The maximum absolute atomic E-state index is 12.9. The Kier molecular flexibility index (Phi) is 5.35. The Morgan fingerprint density at radius 1 is 1.27 bits per heavy atom. The van der Waals surface area contributed by atoms with E-state index < -0.39 is 51.0 Å². The average molecular weight is 343 g/mol. The summed E-state index contributed by atoms with van der Waals surface area (Å²) in [7, 11) is 0. The summed E-state index contributed by atoms with van der Waals surface area (Å²) in [4.78, 5) is 10.7. The molecular weight excluding hydrogens is 336 g/mol. The quantitative estimate of drug-likeness (QED) is 0.465. The standard InChI is InChI=1S/C12H7F6NO2S/c1-2-21-10(20)7-3-6(22-12(16,17)18)4-9(8(7)5-19)11(13,14)15/h3-4H,2H2,1H3. The van der Waals surface area contributed by atoms with Gasteiger partial charge in [-0.25, -0.2) is 4.79 Å². The minimum absolute atomic E-state index is 0.180. The van der Waals surface area contributed by atoms with Crippen LogP contribution in [0.1, 0.15) is 28.4 Å². The molecule has 0 N–H and O–H groups in total. The van der Waals surface area contributed by atoms with E-state index in [-0.39, 0.29) is 12.7 Å². The van der Waals surface area contributed by atoms with E-state index in [9.17, 15) is 31.1 Å². The SMILES string of the molecule is CCOC(=O)c1cc(SC(F)(F)F)cc(C(F)(F)F)c1C#N. The second kappa shape index (κ2) is 6.48. The zero-order valence-electron chi connectivity index (χ0n) is 10.8. The van der Waals surface area contributed by atoms with Crippen LogP contribution in [0, 0.1) is 11.3 Å². The number of benzene rings is 1. The molecule has 0 heterocycles. The molecular formula is C12H7F6NO2S. The van der Waals surface area contributed by atoms with E-state index in [1.54, 1.807) is 0 Å². The lowest BCUT2D eigenvalue weighted by molar-refractivity contribution is -0.138. The van der Waals surface area contributed by atoms with Crippen LogP contribution in [0.5, 0.6) is 0 Å². The third-order valence-electron chi connectivity index (χ3n) is 2.26. The molecule has 0 aliphatic heterocycles. The number of ether oxygens (including phenoxy) is 1. The number of nitriles is 1. The first-order valence-corrected chi connectivity index (χ1v) is 6.39. The van der Waals surface area contributed by atoms with Gasteiger partial charge in [0.15, 0.2) is 0 Å². The van der Waals surface area contributed by atoms with Crippen molar-refractivity contribution in [2.24, 2.45) is 0 Å². The number of alkyl halides is 6. The third kappa shape index (κ3) is 4.56. The fourth-order valence-corrected chi connectivity index (χ4v) is 2.14. The van der Waals surface area contributed by atoms with Crippen LogP contribution >= 0.6 is 11.8 Å². The molecule has 0 aliphatic carbocycles. The first kappa shape index (κ1) is 18.2. The molecule has 0 unspecified atom stereocenters. The van der Waals surface area contributed by atoms with Crippen LogP contribution in [0.3, 0.4) is 0 Å². The van der Waals surface area contributed by atoms with Crippen molar-refractivity contribution in [2.45, 2.75) is 23.5 Å². The highest BCUT2D eigenvalue weighted by Gasteiger charge is 2.38. The lowest BCUT2D eigenvalue weighted by atomic mass is 10.0. The van der Waals surface area contributed by atoms with Crippen molar-refractivity contribution >= 4 is 17.7 Å². The van der Waals surface area contributed by atoms with E-state index in [1.807, 2.05) is 0 Å². The van der Waals surface area contributed by atoms with E-state index in [0.717, 1.165) is 0 Å². The summed E-state index contributed by atoms with van der Waals surface area (Å²) < 4.78 is 80.1. The molecule has 120 valence electrons. The Bertz CT molecular complexity index is 618. The molecule has 0 amide bonds. The minimum atomic E-state index is -5.09. The van der Waals surface area contributed by atoms with E-state index in [1.165, 1.54) is 13.0 Å². The fraction of sp³-hybridized carbons (Fsp3) is 0.333. The van der Waals surface area contributed by atoms with Gasteiger partial charge in [0.25, 0.3) is 0 Å². The zero-order valence-corrected chi connectivity index (χ0v) is 11.6. The predicted molar refractivity (Wildman–Crippen MR) is 64.0 cm³/mol. The molecule has 0 saturated heterocycles. The topological polar surface area (TPSA) is 50.1 Å². The lowest BCUT2D eigenvalue weighted by Gasteiger charge is -2.15. The van der Waals surface area contributed by atoms with Gasteiger partial charge in [-0.05, 0) is 30.8 Å². The summed E-state index contributed by atoms with van der Waals surface area (Å²) in [5.74, 6) is -1.30. The van der Waals surface area contributed by atoms with Crippen LogP contribution in [0.25, 0.3) is 0 Å². The van der Waals surface area contributed by atoms with E-state index >= 15 is 0 Å². The zero-order chi connectivity index (χ0) is 17.1. The van der Waals surface area contributed by atoms with Crippen molar-refractivity contribution in [3.05, 3.63) is 28.8 Å². The minimum Gasteiger partial charge on any atom is -0.462 e. The predicted octanol–water partition coefficient (Wildman–Crippen LogP) is 4.37. The van der Waals surface area contributed by atoms with Crippen molar-refractivity contribution in [2.75, 3.05) is 6.61 Å². The Morgan fingerprint density at radius 3 is 2.27 bits per heavy atom. The number of carbonyl (C=O) groups is 1. The highest BCUT2D eigenvalue weighted by Crippen LogP contribution is 2.41. The molecule has 0 radical (unpaired) electrons. The molecule has 1 rings (SSSR count). The van der Waals surface area contributed by atoms with E-state index in [2.05, 4.69) is 4.74 Å². The number of carbonyl (C=O) groups excluding carboxylic acids is 1. The van der Waals surface area contributed by atoms with E-state index in [4.69, 9.17) is 5.26 Å². The summed E-state index contributed by atoms with van der Waals surface area (Å²) in [5.41, 5.74) is -8.39. The maximum atomic E-state index is 12.9. The van der Waals surface area contributed by atoms with Gasteiger partial charge in [0.1, 0.15) is 6.07 Å². The lowest BCUT2D eigenvalue weighted by Crippen LogP contribution is -2.15. The molecule has 0 bridgehead atoms. The summed E-state index contributed by atoms with van der Waals surface area (Å²) in [6.45, 7) is 1.16. The summed E-state index contributed by atoms with van der Waals surface area (Å²) in [6, 6.07) is 1.93. The van der Waals surface area contributed by atoms with Gasteiger partial charge in [-0.2, -0.15) is 31.6 Å². The number of halogens is 6. The highest BCUT2D eigenvalue weighted by molar-refractivity contribution is 8.00. The number of hydrogen-bond acceptors (Lipinski definition) is 4. The normalized spacial score (nSPS) is 11.9. The maximum Gasteiger partial charge on any atom is 0.446 e. The molecule has 22 heavy (non-hydrogen) atoms. The smallest absolute Gasteiger partial charge is 0.446 e. The van der Waals surface area contributed by atoms with Crippen LogP contribution in [0.4, 0.5) is 26.3 Å². The Morgan fingerprint density at radius 2 is 1.86 bits per heavy atom. The van der Waals surface area contributed by atoms with Gasteiger partial charge in [0.05, 0.1) is 23.3 Å². The molecule has 0 spiro atoms. The highest BCUT2D eigenvalue weighted by atomic mass is 32.2. The molecule has 0 aromatic heterocycles. The Labute approximate surface area is 124 Å². The van der Waals surface area contributed by atoms with Crippen LogP contribution in [0.15, 0.2) is 17.0 Å². The van der Waals surface area contributed by atoms with Crippen molar-refractivity contribution < 1.29 is 35.9 Å². The van der Waals surface area contributed by atoms with Gasteiger partial charge >= 0.3 is 17.7 Å². The average Bonchev–Trinajstić information content (AvgIpc) is 2.35. The second-order valence-electron chi connectivity index (χ2n) is 3.77. The molecule has 1 aromatic rings. The molecule has 1 aromatic carbocycles. The van der Waals surface area contributed by atoms with Crippen LogP contribution in [-0.4, -0.2) is 18.1 Å². The van der Waals surface area contributed by atoms with Gasteiger partial charge in [0.2, 0.25) is 0 Å². The van der Waals surface area contributed by atoms with Crippen LogP contribution < -0.4 is 0 Å². The molecule has 0 saturated carbocycles. The van der Waals surface area contributed by atoms with Crippen molar-refractivity contribution in [3.63, 3.8) is 0 Å². The molecule has 0 aliphatic rings. The van der Waals surface area contributed by atoms with Crippen molar-refractivity contribution in [1.29, 1.82) is 5.26 Å². The van der Waals surface area contributed by atoms with Crippen molar-refractivity contribution in [3.8, 4) is 6.07 Å². The van der Waals surface area contributed by atoms with Crippen LogP contribution in [-0.2, 0) is 10.9 Å². The number of nitrogens with zero attached hydrogens (tertiary/aromatic N) is 1. The first-order chi connectivity index (χ1) is 9.99. The monoisotopic (exact) mass is 343 g/mol. The second-order valence-corrected chi connectivity index (χ2v) is 4.91. The van der Waals surface area contributed by atoms with Gasteiger partial charge in [-0.15, -0.1) is 0 Å². The Hall–Kier alpha value is -1.89. The van der Waals surface area contributed by atoms with Crippen molar-refractivity contribution in [1.82, 2.24) is 0 Å². The molecule has 10 heteroatoms. The van der Waals surface area contributed by atoms with Gasteiger partial charge < -0.3 is 4.74 Å². The van der Waals surface area contributed by atoms with Gasteiger partial charge in [-0.1, -0.05) is 0 Å². The first-order valence-electron chi connectivity index (χ1n) is 5.57. The van der Waals surface area contributed by atoms with Crippen LogP contribution in [0.2, 0.25) is 0 Å². The number of thioether (sulfide) groups is 1. The summed E-state index contributed by atoms with van der Waals surface area (Å²) in [6.07, 6.45) is -5.09. The fourth-order valence-electron chi connectivity index (χ4n) is 1.52.